The Labute approximate surface area is 112 Å². The van der Waals surface area contributed by atoms with Crippen LogP contribution in [-0.4, -0.2) is 18.6 Å². The molecule has 2 aromatic rings. The Bertz CT molecular complexity index is 470. The first-order chi connectivity index (χ1) is 8.83. The molecule has 0 bridgehead atoms. The molecule has 1 N–H and O–H groups in total. The zero-order valence-electron chi connectivity index (χ0n) is 10.7. The molecular formula is C14H18N2OS. The molecule has 0 radical (unpaired) electrons. The molecule has 96 valence electrons. The predicted octanol–water partition coefficient (Wildman–Crippen LogP) is 3.05. The Hall–Kier alpha value is -1.39. The van der Waals surface area contributed by atoms with E-state index in [4.69, 9.17) is 4.74 Å². The quantitative estimate of drug-likeness (QED) is 0.869. The van der Waals surface area contributed by atoms with Gasteiger partial charge in [0.25, 0.3) is 0 Å². The number of thiophene rings is 1. The Kier molecular flexibility index (Phi) is 4.73. The van der Waals surface area contributed by atoms with Gasteiger partial charge in [-0.05, 0) is 47.0 Å². The van der Waals surface area contributed by atoms with Crippen LogP contribution >= 0.6 is 11.3 Å². The van der Waals surface area contributed by atoms with Gasteiger partial charge in [-0.25, -0.2) is 0 Å². The average molecular weight is 262 g/mol. The van der Waals surface area contributed by atoms with Gasteiger partial charge >= 0.3 is 0 Å². The minimum atomic E-state index is 0.284. The molecule has 0 aromatic carbocycles. The van der Waals surface area contributed by atoms with E-state index in [2.05, 4.69) is 34.1 Å². The van der Waals surface area contributed by atoms with E-state index in [1.807, 2.05) is 12.3 Å². The van der Waals surface area contributed by atoms with E-state index in [0.29, 0.717) is 0 Å². The van der Waals surface area contributed by atoms with Crippen molar-refractivity contribution in [3.05, 3.63) is 46.4 Å². The second-order valence-electron chi connectivity index (χ2n) is 4.10. The van der Waals surface area contributed by atoms with Gasteiger partial charge in [0.05, 0.1) is 13.3 Å². The highest BCUT2D eigenvalue weighted by atomic mass is 32.1. The summed E-state index contributed by atoms with van der Waals surface area (Å²) in [5, 5.41) is 7.80. The summed E-state index contributed by atoms with van der Waals surface area (Å²) in [6, 6.07) is 4.50. The molecule has 4 heteroatoms. The van der Waals surface area contributed by atoms with Crippen molar-refractivity contribution in [3.8, 4) is 5.75 Å². The van der Waals surface area contributed by atoms with Gasteiger partial charge in [0.15, 0.2) is 0 Å². The van der Waals surface area contributed by atoms with Gasteiger partial charge in [-0.15, -0.1) is 0 Å². The molecule has 0 aliphatic carbocycles. The second kappa shape index (κ2) is 6.52. The van der Waals surface area contributed by atoms with Crippen molar-refractivity contribution in [2.24, 2.45) is 0 Å². The number of nitrogens with zero attached hydrogens (tertiary/aromatic N) is 1. The monoisotopic (exact) mass is 262 g/mol. The lowest BCUT2D eigenvalue weighted by molar-refractivity contribution is 0.410. The lowest BCUT2D eigenvalue weighted by atomic mass is 10.0. The molecule has 1 unspecified atom stereocenters. The molecule has 1 atom stereocenters. The largest absolute Gasteiger partial charge is 0.495 e. The number of nitrogens with one attached hydrogen (secondary N) is 1. The Balaban J connectivity index is 2.17. The summed E-state index contributed by atoms with van der Waals surface area (Å²) in [5.74, 6) is 0.806. The number of ether oxygens (including phenoxy) is 1. The van der Waals surface area contributed by atoms with Crippen molar-refractivity contribution in [1.29, 1.82) is 0 Å². The first kappa shape index (κ1) is 13.1. The third-order valence-electron chi connectivity index (χ3n) is 2.84. The molecular weight excluding hydrogens is 244 g/mol. The summed E-state index contributed by atoms with van der Waals surface area (Å²) < 4.78 is 5.23. The smallest absolute Gasteiger partial charge is 0.137 e. The maximum absolute atomic E-state index is 5.23. The molecule has 0 spiro atoms. The standard InChI is InChI=1S/C14H18N2OS/c1-3-16-14(6-11-4-5-18-10-11)12-7-13(17-2)9-15-8-12/h4-5,7-10,14,16H,3,6H2,1-2H3. The Morgan fingerprint density at radius 2 is 2.33 bits per heavy atom. The lowest BCUT2D eigenvalue weighted by Gasteiger charge is -2.18. The fourth-order valence-electron chi connectivity index (χ4n) is 1.94. The van der Waals surface area contributed by atoms with Gasteiger partial charge in [-0.3, -0.25) is 4.98 Å². The maximum atomic E-state index is 5.23. The number of rotatable bonds is 6. The Morgan fingerprint density at radius 3 is 3.00 bits per heavy atom. The highest BCUT2D eigenvalue weighted by Crippen LogP contribution is 2.22. The first-order valence-electron chi connectivity index (χ1n) is 6.07. The summed E-state index contributed by atoms with van der Waals surface area (Å²) in [4.78, 5) is 4.23. The van der Waals surface area contributed by atoms with Crippen molar-refractivity contribution in [2.45, 2.75) is 19.4 Å². The third kappa shape index (κ3) is 3.31. The number of aromatic nitrogens is 1. The van der Waals surface area contributed by atoms with E-state index >= 15 is 0 Å². The van der Waals surface area contributed by atoms with Gasteiger partial charge in [0.1, 0.15) is 5.75 Å². The number of likely N-dealkylation sites (N-methyl/N-ethyl adjacent to an activating group) is 1. The fraction of sp³-hybridized carbons (Fsp3) is 0.357. The first-order valence-corrected chi connectivity index (χ1v) is 7.01. The van der Waals surface area contributed by atoms with Crippen LogP contribution in [0.2, 0.25) is 0 Å². The van der Waals surface area contributed by atoms with E-state index in [1.54, 1.807) is 24.6 Å². The summed E-state index contributed by atoms with van der Waals surface area (Å²) in [7, 11) is 1.67. The minimum absolute atomic E-state index is 0.284. The molecule has 0 aliphatic heterocycles. The van der Waals surface area contributed by atoms with Crippen LogP contribution in [0.4, 0.5) is 0 Å². The van der Waals surface area contributed by atoms with Gasteiger partial charge in [-0.2, -0.15) is 11.3 Å². The summed E-state index contributed by atoms with van der Waals surface area (Å²) in [6.07, 6.45) is 4.62. The lowest BCUT2D eigenvalue weighted by Crippen LogP contribution is -2.23. The predicted molar refractivity (Wildman–Crippen MR) is 75.2 cm³/mol. The molecule has 2 rings (SSSR count). The number of hydrogen-bond donors (Lipinski definition) is 1. The van der Waals surface area contributed by atoms with Gasteiger partial charge in [-0.1, -0.05) is 6.92 Å². The number of hydrogen-bond acceptors (Lipinski definition) is 4. The van der Waals surface area contributed by atoms with Crippen molar-refractivity contribution in [1.82, 2.24) is 10.3 Å². The fourth-order valence-corrected chi connectivity index (χ4v) is 2.62. The van der Waals surface area contributed by atoms with Crippen LogP contribution in [0.3, 0.4) is 0 Å². The van der Waals surface area contributed by atoms with E-state index < -0.39 is 0 Å². The molecule has 0 saturated carbocycles. The third-order valence-corrected chi connectivity index (χ3v) is 3.57. The molecule has 2 aromatic heterocycles. The van der Waals surface area contributed by atoms with Crippen LogP contribution in [0, 0.1) is 0 Å². The Morgan fingerprint density at radius 1 is 1.44 bits per heavy atom. The zero-order valence-corrected chi connectivity index (χ0v) is 11.5. The molecule has 18 heavy (non-hydrogen) atoms. The van der Waals surface area contributed by atoms with Gasteiger partial charge < -0.3 is 10.1 Å². The topological polar surface area (TPSA) is 34.2 Å². The maximum Gasteiger partial charge on any atom is 0.137 e. The van der Waals surface area contributed by atoms with E-state index in [-0.39, 0.29) is 6.04 Å². The summed E-state index contributed by atoms with van der Waals surface area (Å²) in [6.45, 7) is 3.06. The van der Waals surface area contributed by atoms with Crippen LogP contribution in [0.25, 0.3) is 0 Å². The number of methoxy groups -OCH3 is 1. The van der Waals surface area contributed by atoms with Crippen molar-refractivity contribution in [2.75, 3.05) is 13.7 Å². The molecule has 0 saturated heterocycles. The SMILES string of the molecule is CCNC(Cc1ccsc1)c1cncc(OC)c1. The van der Waals surface area contributed by atoms with Crippen LogP contribution in [0.1, 0.15) is 24.1 Å². The summed E-state index contributed by atoms with van der Waals surface area (Å²) >= 11 is 1.73. The highest BCUT2D eigenvalue weighted by molar-refractivity contribution is 7.07. The molecule has 2 heterocycles. The average Bonchev–Trinajstić information content (AvgIpc) is 2.91. The van der Waals surface area contributed by atoms with Crippen molar-refractivity contribution >= 4 is 11.3 Å². The highest BCUT2D eigenvalue weighted by Gasteiger charge is 2.12. The van der Waals surface area contributed by atoms with Crippen LogP contribution in [0.15, 0.2) is 35.3 Å². The van der Waals surface area contributed by atoms with Gasteiger partial charge in [0, 0.05) is 12.2 Å². The second-order valence-corrected chi connectivity index (χ2v) is 4.88. The number of pyridine rings is 1. The molecule has 0 amide bonds. The van der Waals surface area contributed by atoms with E-state index in [9.17, 15) is 0 Å². The zero-order chi connectivity index (χ0) is 12.8. The normalized spacial score (nSPS) is 12.3. The molecule has 0 aliphatic rings. The van der Waals surface area contributed by atoms with Gasteiger partial charge in [0.2, 0.25) is 0 Å². The summed E-state index contributed by atoms with van der Waals surface area (Å²) in [5.41, 5.74) is 2.52. The van der Waals surface area contributed by atoms with Crippen LogP contribution in [-0.2, 0) is 6.42 Å². The van der Waals surface area contributed by atoms with Crippen molar-refractivity contribution in [3.63, 3.8) is 0 Å². The molecule has 0 fully saturated rings. The van der Waals surface area contributed by atoms with Crippen LogP contribution < -0.4 is 10.1 Å². The van der Waals surface area contributed by atoms with E-state index in [1.165, 1.54) is 11.1 Å². The van der Waals surface area contributed by atoms with Crippen molar-refractivity contribution < 1.29 is 4.74 Å². The minimum Gasteiger partial charge on any atom is -0.495 e. The molecule has 3 nitrogen and oxygen atoms in total. The van der Waals surface area contributed by atoms with E-state index in [0.717, 1.165) is 18.7 Å². The van der Waals surface area contributed by atoms with Crippen LogP contribution in [0.5, 0.6) is 5.75 Å².